The monoisotopic (exact) mass is 371 g/mol. The molecule has 0 aromatic heterocycles. The number of benzene rings is 2. The summed E-state index contributed by atoms with van der Waals surface area (Å²) in [4.78, 5) is 11.9. The molecule has 0 aliphatic rings. The van der Waals surface area contributed by atoms with Gasteiger partial charge in [0.05, 0.1) is 11.3 Å². The minimum Gasteiger partial charge on any atom is -0.484 e. The molecule has 0 unspecified atom stereocenters. The van der Waals surface area contributed by atoms with E-state index in [1.165, 1.54) is 6.07 Å². The first-order valence-corrected chi connectivity index (χ1v) is 7.94. The molecule has 0 heterocycles. The van der Waals surface area contributed by atoms with Crippen molar-refractivity contribution in [2.45, 2.75) is 25.9 Å². The van der Waals surface area contributed by atoms with Crippen LogP contribution in [0.1, 0.15) is 30.9 Å². The summed E-state index contributed by atoms with van der Waals surface area (Å²) >= 11 is 5.60. The van der Waals surface area contributed by atoms with Gasteiger partial charge in [-0.15, -0.1) is 0 Å². The lowest BCUT2D eigenvalue weighted by atomic mass is 10.0. The summed E-state index contributed by atoms with van der Waals surface area (Å²) in [7, 11) is 0. The molecule has 7 heteroatoms. The van der Waals surface area contributed by atoms with Crippen LogP contribution >= 0.6 is 11.6 Å². The average molecular weight is 372 g/mol. The number of nitrogens with one attached hydrogen (secondary N) is 1. The molecule has 0 saturated carbocycles. The Labute approximate surface area is 148 Å². The van der Waals surface area contributed by atoms with Gasteiger partial charge in [0.25, 0.3) is 5.91 Å². The summed E-state index contributed by atoms with van der Waals surface area (Å²) < 4.78 is 44.3. The summed E-state index contributed by atoms with van der Waals surface area (Å²) in [5, 5.41) is 2.14. The average Bonchev–Trinajstić information content (AvgIpc) is 2.54. The molecule has 1 amide bonds. The molecule has 0 radical (unpaired) electrons. The maximum atomic E-state index is 13.0. The van der Waals surface area contributed by atoms with E-state index in [0.29, 0.717) is 11.7 Å². The lowest BCUT2D eigenvalue weighted by molar-refractivity contribution is -0.137. The van der Waals surface area contributed by atoms with Crippen molar-refractivity contribution in [2.75, 3.05) is 11.9 Å². The zero-order valence-corrected chi connectivity index (χ0v) is 14.4. The molecule has 0 saturated heterocycles. The summed E-state index contributed by atoms with van der Waals surface area (Å²) in [6.45, 7) is 3.70. The Hall–Kier alpha value is -2.21. The van der Waals surface area contributed by atoms with E-state index < -0.39 is 24.3 Å². The first-order valence-electron chi connectivity index (χ1n) is 7.56. The molecule has 0 aliphatic heterocycles. The quantitative estimate of drug-likeness (QED) is 0.753. The number of hydrogen-bond acceptors (Lipinski definition) is 2. The molecule has 2 aromatic rings. The second-order valence-electron chi connectivity index (χ2n) is 5.75. The van der Waals surface area contributed by atoms with Crippen LogP contribution in [0.4, 0.5) is 18.9 Å². The number of alkyl halides is 3. The maximum Gasteiger partial charge on any atom is 0.418 e. The first-order chi connectivity index (χ1) is 11.7. The lowest BCUT2D eigenvalue weighted by Crippen LogP contribution is -2.22. The van der Waals surface area contributed by atoms with Gasteiger partial charge in [0, 0.05) is 5.02 Å². The second kappa shape index (κ2) is 7.78. The zero-order chi connectivity index (χ0) is 18.6. The van der Waals surface area contributed by atoms with E-state index in [1.54, 1.807) is 12.1 Å². The van der Waals surface area contributed by atoms with Gasteiger partial charge in [0.2, 0.25) is 0 Å². The number of hydrogen-bond donors (Lipinski definition) is 1. The fourth-order valence-electron chi connectivity index (χ4n) is 2.14. The summed E-state index contributed by atoms with van der Waals surface area (Å²) in [6.07, 6.45) is -4.62. The van der Waals surface area contributed by atoms with Crippen LogP contribution in [0.2, 0.25) is 5.02 Å². The van der Waals surface area contributed by atoms with Gasteiger partial charge >= 0.3 is 6.18 Å². The predicted molar refractivity (Wildman–Crippen MR) is 91.1 cm³/mol. The highest BCUT2D eigenvalue weighted by atomic mass is 35.5. The van der Waals surface area contributed by atoms with E-state index in [9.17, 15) is 18.0 Å². The predicted octanol–water partition coefficient (Wildman–Crippen LogP) is 5.50. The van der Waals surface area contributed by atoms with Crippen molar-refractivity contribution < 1.29 is 22.7 Å². The third-order valence-corrected chi connectivity index (χ3v) is 3.71. The van der Waals surface area contributed by atoms with Crippen LogP contribution in [-0.4, -0.2) is 12.5 Å². The number of rotatable bonds is 5. The topological polar surface area (TPSA) is 38.3 Å². The van der Waals surface area contributed by atoms with Gasteiger partial charge < -0.3 is 10.1 Å². The van der Waals surface area contributed by atoms with E-state index >= 15 is 0 Å². The van der Waals surface area contributed by atoms with Crippen LogP contribution in [0.25, 0.3) is 0 Å². The molecule has 0 atom stereocenters. The molecule has 0 bridgehead atoms. The number of anilines is 1. The minimum atomic E-state index is -4.62. The summed E-state index contributed by atoms with van der Waals surface area (Å²) in [5.74, 6) is 0.135. The van der Waals surface area contributed by atoms with Crippen LogP contribution in [0.5, 0.6) is 5.75 Å². The van der Waals surface area contributed by atoms with Crippen molar-refractivity contribution in [1.29, 1.82) is 0 Å². The van der Waals surface area contributed by atoms with Gasteiger partial charge in [-0.25, -0.2) is 0 Å². The molecule has 1 N–H and O–H groups in total. The van der Waals surface area contributed by atoms with E-state index in [1.807, 2.05) is 26.0 Å². The van der Waals surface area contributed by atoms with Gasteiger partial charge in [0.15, 0.2) is 6.61 Å². The number of carbonyl (C=O) groups is 1. The molecule has 2 rings (SSSR count). The van der Waals surface area contributed by atoms with E-state index in [-0.39, 0.29) is 10.7 Å². The second-order valence-corrected chi connectivity index (χ2v) is 6.18. The normalized spacial score (nSPS) is 11.5. The molecule has 0 spiro atoms. The minimum absolute atomic E-state index is 0.0631. The summed E-state index contributed by atoms with van der Waals surface area (Å²) in [5.41, 5.74) is -0.247. The standard InChI is InChI=1S/C18H17ClF3NO2/c1-11(2)12-3-6-14(7-4-12)25-10-17(24)23-16-8-5-13(19)9-15(16)18(20,21)22/h3-9,11H,10H2,1-2H3,(H,23,24). The molecule has 25 heavy (non-hydrogen) atoms. The van der Waals surface area contributed by atoms with Gasteiger partial charge in [0.1, 0.15) is 5.75 Å². The molecule has 0 aliphatic carbocycles. The molecule has 3 nitrogen and oxygen atoms in total. The molecular formula is C18H17ClF3NO2. The van der Waals surface area contributed by atoms with Crippen molar-refractivity contribution in [1.82, 2.24) is 0 Å². The largest absolute Gasteiger partial charge is 0.484 e. The van der Waals surface area contributed by atoms with E-state index in [2.05, 4.69) is 5.32 Å². The van der Waals surface area contributed by atoms with Crippen molar-refractivity contribution in [2.24, 2.45) is 0 Å². The highest BCUT2D eigenvalue weighted by Crippen LogP contribution is 2.36. The number of ether oxygens (including phenoxy) is 1. The Bertz CT molecular complexity index is 743. The molecular weight excluding hydrogens is 355 g/mol. The third kappa shape index (κ3) is 5.39. The maximum absolute atomic E-state index is 13.0. The Balaban J connectivity index is 2.01. The van der Waals surface area contributed by atoms with Crippen LogP contribution in [0.15, 0.2) is 42.5 Å². The smallest absolute Gasteiger partial charge is 0.418 e. The first kappa shape index (κ1) is 19.1. The highest BCUT2D eigenvalue weighted by Gasteiger charge is 2.34. The van der Waals surface area contributed by atoms with Crippen molar-refractivity contribution in [3.8, 4) is 5.75 Å². The van der Waals surface area contributed by atoms with E-state index in [0.717, 1.165) is 17.7 Å². The van der Waals surface area contributed by atoms with Crippen LogP contribution in [0.3, 0.4) is 0 Å². The van der Waals surface area contributed by atoms with Crippen molar-refractivity contribution in [3.05, 3.63) is 58.6 Å². The van der Waals surface area contributed by atoms with Gasteiger partial charge in [-0.2, -0.15) is 13.2 Å². The molecule has 2 aromatic carbocycles. The zero-order valence-electron chi connectivity index (χ0n) is 13.7. The van der Waals surface area contributed by atoms with Crippen LogP contribution in [-0.2, 0) is 11.0 Å². The number of amides is 1. The lowest BCUT2D eigenvalue weighted by Gasteiger charge is -2.14. The number of halogens is 4. The molecule has 134 valence electrons. The van der Waals surface area contributed by atoms with Crippen LogP contribution in [0, 0.1) is 0 Å². The van der Waals surface area contributed by atoms with Gasteiger partial charge in [-0.1, -0.05) is 37.6 Å². The van der Waals surface area contributed by atoms with Crippen LogP contribution < -0.4 is 10.1 Å². The number of carbonyl (C=O) groups excluding carboxylic acids is 1. The Kier molecular flexibility index (Phi) is 5.95. The third-order valence-electron chi connectivity index (χ3n) is 3.48. The fraction of sp³-hybridized carbons (Fsp3) is 0.278. The Morgan fingerprint density at radius 2 is 1.80 bits per heavy atom. The Morgan fingerprint density at radius 1 is 1.16 bits per heavy atom. The molecule has 0 fully saturated rings. The SMILES string of the molecule is CC(C)c1ccc(OCC(=O)Nc2ccc(Cl)cc2C(F)(F)F)cc1. The fourth-order valence-corrected chi connectivity index (χ4v) is 2.32. The van der Waals surface area contributed by atoms with Gasteiger partial charge in [-0.05, 0) is 41.8 Å². The van der Waals surface area contributed by atoms with Crippen molar-refractivity contribution in [3.63, 3.8) is 0 Å². The summed E-state index contributed by atoms with van der Waals surface area (Å²) in [6, 6.07) is 10.3. The van der Waals surface area contributed by atoms with E-state index in [4.69, 9.17) is 16.3 Å². The Morgan fingerprint density at radius 3 is 2.36 bits per heavy atom. The van der Waals surface area contributed by atoms with Crippen molar-refractivity contribution >= 4 is 23.2 Å². The highest BCUT2D eigenvalue weighted by molar-refractivity contribution is 6.30. The van der Waals surface area contributed by atoms with Gasteiger partial charge in [-0.3, -0.25) is 4.79 Å².